The minimum Gasteiger partial charge on any atom is -0.372 e. The maximum atomic E-state index is 12.6. The fourth-order valence-corrected chi connectivity index (χ4v) is 3.62. The predicted molar refractivity (Wildman–Crippen MR) is 111 cm³/mol. The molecule has 4 heteroatoms. The van der Waals surface area contributed by atoms with Gasteiger partial charge >= 0.3 is 0 Å². The minimum absolute atomic E-state index is 0.0191. The van der Waals surface area contributed by atoms with Gasteiger partial charge in [0.2, 0.25) is 5.91 Å². The van der Waals surface area contributed by atoms with E-state index in [4.69, 9.17) is 9.47 Å². The van der Waals surface area contributed by atoms with Crippen LogP contribution in [-0.4, -0.2) is 18.1 Å². The third kappa shape index (κ3) is 6.18. The summed E-state index contributed by atoms with van der Waals surface area (Å²) >= 11 is 0. The Morgan fingerprint density at radius 1 is 1.00 bits per heavy atom. The summed E-state index contributed by atoms with van der Waals surface area (Å²) in [6.45, 7) is 3.60. The van der Waals surface area contributed by atoms with Gasteiger partial charge in [0.25, 0.3) is 0 Å². The van der Waals surface area contributed by atoms with Crippen molar-refractivity contribution in [2.24, 2.45) is 0 Å². The van der Waals surface area contributed by atoms with Crippen LogP contribution >= 0.6 is 0 Å². The van der Waals surface area contributed by atoms with Crippen molar-refractivity contribution in [1.29, 1.82) is 0 Å². The fraction of sp³-hybridized carbons (Fsp3) is 0.458. The molecule has 0 heterocycles. The third-order valence-corrected chi connectivity index (χ3v) is 5.26. The Kier molecular flexibility index (Phi) is 8.07. The van der Waals surface area contributed by atoms with E-state index in [9.17, 15) is 4.79 Å². The molecule has 1 N–H and O–H groups in total. The maximum absolute atomic E-state index is 12.6. The monoisotopic (exact) mass is 381 g/mol. The molecule has 4 nitrogen and oxygen atoms in total. The topological polar surface area (TPSA) is 47.6 Å². The number of hydrogen-bond acceptors (Lipinski definition) is 3. The molecule has 150 valence electrons. The van der Waals surface area contributed by atoms with Gasteiger partial charge in [-0.05, 0) is 36.0 Å². The quantitative estimate of drug-likeness (QED) is 0.646. The van der Waals surface area contributed by atoms with Crippen molar-refractivity contribution < 1.29 is 14.3 Å². The number of benzene rings is 2. The highest BCUT2D eigenvalue weighted by Crippen LogP contribution is 2.23. The molecule has 1 unspecified atom stereocenters. The van der Waals surface area contributed by atoms with Crippen molar-refractivity contribution >= 4 is 5.91 Å². The number of ether oxygens (including phenoxy) is 2. The third-order valence-electron chi connectivity index (χ3n) is 5.26. The average Bonchev–Trinajstić information content (AvgIpc) is 3.25. The first-order chi connectivity index (χ1) is 13.8. The number of amides is 1. The van der Waals surface area contributed by atoms with E-state index in [1.165, 1.54) is 12.8 Å². The molecule has 1 aliphatic carbocycles. The van der Waals surface area contributed by atoms with E-state index in [1.54, 1.807) is 0 Å². The van der Waals surface area contributed by atoms with Gasteiger partial charge in [0.05, 0.1) is 19.3 Å². The van der Waals surface area contributed by atoms with Crippen LogP contribution in [0.5, 0.6) is 0 Å². The van der Waals surface area contributed by atoms with E-state index >= 15 is 0 Å². The van der Waals surface area contributed by atoms with Crippen molar-refractivity contribution in [3.05, 3.63) is 71.3 Å². The standard InChI is InChI=1S/C24H31NO3/c1-2-23(28-22-14-8-9-15-22)24(26)25-16-20-12-6-7-13-21(20)18-27-17-19-10-4-3-5-11-19/h3-7,10-13,22-23H,2,8-9,14-18H2,1H3,(H,25,26). The minimum atomic E-state index is -0.357. The molecule has 0 spiro atoms. The molecule has 0 radical (unpaired) electrons. The lowest BCUT2D eigenvalue weighted by molar-refractivity contribution is -0.137. The summed E-state index contributed by atoms with van der Waals surface area (Å²) in [5.41, 5.74) is 3.34. The summed E-state index contributed by atoms with van der Waals surface area (Å²) in [6.07, 6.45) is 5.15. The molecule has 0 aliphatic heterocycles. The largest absolute Gasteiger partial charge is 0.372 e. The van der Waals surface area contributed by atoms with Crippen molar-refractivity contribution in [2.75, 3.05) is 0 Å². The number of nitrogens with one attached hydrogen (secondary N) is 1. The predicted octanol–water partition coefficient (Wildman–Crippen LogP) is 4.76. The van der Waals surface area contributed by atoms with Gasteiger partial charge in [-0.3, -0.25) is 4.79 Å². The first-order valence-corrected chi connectivity index (χ1v) is 10.4. The molecule has 28 heavy (non-hydrogen) atoms. The SMILES string of the molecule is CCC(OC1CCCC1)C(=O)NCc1ccccc1COCc1ccccc1. The zero-order valence-electron chi connectivity index (χ0n) is 16.7. The molecular weight excluding hydrogens is 350 g/mol. The Bertz CT molecular complexity index is 726. The summed E-state index contributed by atoms with van der Waals surface area (Å²) in [7, 11) is 0. The van der Waals surface area contributed by atoms with Crippen LogP contribution in [-0.2, 0) is 34.0 Å². The maximum Gasteiger partial charge on any atom is 0.249 e. The lowest BCUT2D eigenvalue weighted by Crippen LogP contribution is -2.37. The van der Waals surface area contributed by atoms with Gasteiger partial charge in [0, 0.05) is 6.54 Å². The van der Waals surface area contributed by atoms with E-state index in [-0.39, 0.29) is 18.1 Å². The molecule has 2 aromatic carbocycles. The smallest absolute Gasteiger partial charge is 0.249 e. The molecule has 0 saturated heterocycles. The molecule has 0 aromatic heterocycles. The van der Waals surface area contributed by atoms with E-state index in [0.717, 1.165) is 29.5 Å². The van der Waals surface area contributed by atoms with Gasteiger partial charge in [-0.1, -0.05) is 74.4 Å². The zero-order valence-corrected chi connectivity index (χ0v) is 16.7. The number of carbonyl (C=O) groups excluding carboxylic acids is 1. The molecule has 1 atom stereocenters. The number of hydrogen-bond donors (Lipinski definition) is 1. The first-order valence-electron chi connectivity index (χ1n) is 10.4. The lowest BCUT2D eigenvalue weighted by Gasteiger charge is -2.20. The van der Waals surface area contributed by atoms with E-state index in [0.29, 0.717) is 26.2 Å². The van der Waals surface area contributed by atoms with Crippen molar-refractivity contribution in [1.82, 2.24) is 5.32 Å². The van der Waals surface area contributed by atoms with Crippen LogP contribution in [0.1, 0.15) is 55.7 Å². The van der Waals surface area contributed by atoms with Crippen molar-refractivity contribution in [2.45, 2.75) is 71.0 Å². The zero-order chi connectivity index (χ0) is 19.6. The highest BCUT2D eigenvalue weighted by molar-refractivity contribution is 5.80. The number of carbonyl (C=O) groups is 1. The number of rotatable bonds is 10. The van der Waals surface area contributed by atoms with Gasteiger partial charge < -0.3 is 14.8 Å². The average molecular weight is 382 g/mol. The fourth-order valence-electron chi connectivity index (χ4n) is 3.62. The summed E-state index contributed by atoms with van der Waals surface area (Å²) in [5.74, 6) is -0.0191. The Morgan fingerprint density at radius 2 is 1.68 bits per heavy atom. The highest BCUT2D eigenvalue weighted by atomic mass is 16.5. The molecule has 1 fully saturated rings. The second kappa shape index (κ2) is 11.0. The van der Waals surface area contributed by atoms with Crippen LogP contribution in [0.2, 0.25) is 0 Å². The van der Waals surface area contributed by atoms with Crippen molar-refractivity contribution in [3.63, 3.8) is 0 Å². The summed E-state index contributed by atoms with van der Waals surface area (Å²) < 4.78 is 11.9. The Balaban J connectivity index is 1.50. The first kappa shape index (κ1) is 20.6. The van der Waals surface area contributed by atoms with Crippen LogP contribution in [0.15, 0.2) is 54.6 Å². The van der Waals surface area contributed by atoms with Crippen molar-refractivity contribution in [3.8, 4) is 0 Å². The van der Waals surface area contributed by atoms with Crippen LogP contribution in [0.4, 0.5) is 0 Å². The van der Waals surface area contributed by atoms with Gasteiger partial charge in [0.1, 0.15) is 6.10 Å². The molecule has 3 rings (SSSR count). The molecule has 1 saturated carbocycles. The molecule has 1 aliphatic rings. The summed E-state index contributed by atoms with van der Waals surface area (Å²) in [5, 5.41) is 3.05. The Morgan fingerprint density at radius 3 is 2.39 bits per heavy atom. The highest BCUT2D eigenvalue weighted by Gasteiger charge is 2.24. The Labute approximate surface area is 168 Å². The van der Waals surface area contributed by atoms with E-state index < -0.39 is 0 Å². The van der Waals surface area contributed by atoms with Gasteiger partial charge in [-0.2, -0.15) is 0 Å². The molecule has 2 aromatic rings. The Hall–Kier alpha value is -2.17. The van der Waals surface area contributed by atoms with Gasteiger partial charge in [-0.25, -0.2) is 0 Å². The lowest BCUT2D eigenvalue weighted by atomic mass is 10.1. The molecule has 1 amide bonds. The van der Waals surface area contributed by atoms with Crippen LogP contribution in [0.25, 0.3) is 0 Å². The summed E-state index contributed by atoms with van der Waals surface area (Å²) in [6, 6.07) is 18.2. The van der Waals surface area contributed by atoms with E-state index in [2.05, 4.69) is 23.5 Å². The molecule has 0 bridgehead atoms. The second-order valence-corrected chi connectivity index (χ2v) is 7.40. The molecular formula is C24H31NO3. The second-order valence-electron chi connectivity index (χ2n) is 7.40. The van der Waals surface area contributed by atoms with Gasteiger partial charge in [0.15, 0.2) is 0 Å². The van der Waals surface area contributed by atoms with Crippen LogP contribution < -0.4 is 5.32 Å². The van der Waals surface area contributed by atoms with E-state index in [1.807, 2.05) is 43.3 Å². The normalized spacial score (nSPS) is 15.5. The van der Waals surface area contributed by atoms with Crippen LogP contribution in [0.3, 0.4) is 0 Å². The van der Waals surface area contributed by atoms with Gasteiger partial charge in [-0.15, -0.1) is 0 Å². The summed E-state index contributed by atoms with van der Waals surface area (Å²) in [4.78, 5) is 12.6. The van der Waals surface area contributed by atoms with Crippen LogP contribution in [0, 0.1) is 0 Å².